The first-order valence-electron chi connectivity index (χ1n) is 12.0. The van der Waals surface area contributed by atoms with Crippen molar-refractivity contribution in [3.63, 3.8) is 0 Å². The lowest BCUT2D eigenvalue weighted by Crippen LogP contribution is -2.39. The van der Waals surface area contributed by atoms with E-state index in [0.717, 1.165) is 29.7 Å². The van der Waals surface area contributed by atoms with Crippen molar-refractivity contribution in [1.82, 2.24) is 4.57 Å². The molecule has 1 atom stereocenters. The first-order valence-corrected chi connectivity index (χ1v) is 13.7. The summed E-state index contributed by atoms with van der Waals surface area (Å²) in [7, 11) is 1.60. The standard InChI is InChI=1S/C27H30N2O5S2/c1-5-7-8-13-34-19-12-11-18(15-20(19)32-4)16-22-25(30)29-24(21-10-9-14-35-21)23(26(31)33-6-2)17(3)28-27(29)36-22/h9-12,14-16,24H,5-8,13H2,1-4H3/b22-16+. The minimum atomic E-state index is -0.573. The Kier molecular flexibility index (Phi) is 8.43. The molecular weight excluding hydrogens is 496 g/mol. The topological polar surface area (TPSA) is 79.1 Å². The van der Waals surface area contributed by atoms with Gasteiger partial charge in [0.25, 0.3) is 5.56 Å². The van der Waals surface area contributed by atoms with Crippen molar-refractivity contribution in [3.8, 4) is 11.5 Å². The van der Waals surface area contributed by atoms with Gasteiger partial charge in [-0.05, 0) is 55.5 Å². The van der Waals surface area contributed by atoms with E-state index in [9.17, 15) is 9.59 Å². The fourth-order valence-corrected chi connectivity index (χ4v) is 5.96. The van der Waals surface area contributed by atoms with Crippen molar-refractivity contribution in [3.05, 3.63) is 77.1 Å². The van der Waals surface area contributed by atoms with E-state index in [1.54, 1.807) is 25.5 Å². The number of nitrogens with zero attached hydrogens (tertiary/aromatic N) is 2. The molecule has 1 unspecified atom stereocenters. The SMILES string of the molecule is CCCCCOc1ccc(/C=c2/sc3n(c2=O)C(c2cccs2)C(C(=O)OCC)=C(C)N=3)cc1OC. The lowest BCUT2D eigenvalue weighted by molar-refractivity contribution is -0.139. The lowest BCUT2D eigenvalue weighted by atomic mass is 10.0. The minimum absolute atomic E-state index is 0.203. The van der Waals surface area contributed by atoms with Crippen LogP contribution in [0.5, 0.6) is 11.5 Å². The molecule has 0 aliphatic carbocycles. The molecule has 1 aliphatic rings. The molecule has 4 rings (SSSR count). The van der Waals surface area contributed by atoms with Crippen LogP contribution in [0.3, 0.4) is 0 Å². The quantitative estimate of drug-likeness (QED) is 0.288. The van der Waals surface area contributed by atoms with Crippen LogP contribution in [-0.2, 0) is 9.53 Å². The summed E-state index contributed by atoms with van der Waals surface area (Å²) in [6.45, 7) is 6.58. The van der Waals surface area contributed by atoms with Gasteiger partial charge in [-0.15, -0.1) is 11.3 Å². The summed E-state index contributed by atoms with van der Waals surface area (Å²) >= 11 is 2.79. The second-order valence-corrected chi connectivity index (χ2v) is 10.3. The predicted molar refractivity (Wildman–Crippen MR) is 143 cm³/mol. The number of methoxy groups -OCH3 is 1. The molecule has 0 saturated heterocycles. The Morgan fingerprint density at radius 2 is 2.03 bits per heavy atom. The van der Waals surface area contributed by atoms with Gasteiger partial charge in [0, 0.05) is 4.88 Å². The molecule has 3 aromatic rings. The number of benzene rings is 1. The molecule has 0 fully saturated rings. The number of carbonyl (C=O) groups excluding carboxylic acids is 1. The molecule has 2 aromatic heterocycles. The minimum Gasteiger partial charge on any atom is -0.493 e. The number of carbonyl (C=O) groups is 1. The number of esters is 1. The lowest BCUT2D eigenvalue weighted by Gasteiger charge is -2.23. The summed E-state index contributed by atoms with van der Waals surface area (Å²) in [6.07, 6.45) is 5.05. The van der Waals surface area contributed by atoms with Gasteiger partial charge in [-0.2, -0.15) is 0 Å². The number of aromatic nitrogens is 1. The molecule has 0 spiro atoms. The number of hydrogen-bond acceptors (Lipinski definition) is 8. The molecule has 0 radical (unpaired) electrons. The highest BCUT2D eigenvalue weighted by Crippen LogP contribution is 2.33. The number of thiophene rings is 1. The summed E-state index contributed by atoms with van der Waals surface area (Å²) in [5, 5.41) is 1.93. The highest BCUT2D eigenvalue weighted by molar-refractivity contribution is 7.10. The number of unbranched alkanes of at least 4 members (excludes halogenated alkanes) is 2. The monoisotopic (exact) mass is 526 g/mol. The third-order valence-electron chi connectivity index (χ3n) is 5.82. The summed E-state index contributed by atoms with van der Waals surface area (Å²) in [4.78, 5) is 32.5. The number of hydrogen-bond donors (Lipinski definition) is 0. The predicted octanol–water partition coefficient (Wildman–Crippen LogP) is 4.44. The number of fused-ring (bicyclic) bond motifs is 1. The van der Waals surface area contributed by atoms with Gasteiger partial charge in [0.2, 0.25) is 0 Å². The Morgan fingerprint density at radius 3 is 2.72 bits per heavy atom. The Labute approximate surface area is 218 Å². The zero-order chi connectivity index (χ0) is 25.7. The zero-order valence-electron chi connectivity index (χ0n) is 20.9. The number of ether oxygens (including phenoxy) is 3. The van der Waals surface area contributed by atoms with Crippen molar-refractivity contribution >= 4 is 34.7 Å². The Morgan fingerprint density at radius 1 is 1.19 bits per heavy atom. The Balaban J connectivity index is 1.75. The fourth-order valence-electron chi connectivity index (χ4n) is 4.09. The van der Waals surface area contributed by atoms with E-state index in [1.807, 2.05) is 41.8 Å². The third kappa shape index (κ3) is 5.32. The summed E-state index contributed by atoms with van der Waals surface area (Å²) in [5.41, 5.74) is 1.56. The van der Waals surface area contributed by atoms with E-state index in [-0.39, 0.29) is 12.2 Å². The van der Waals surface area contributed by atoms with E-state index >= 15 is 0 Å². The first kappa shape index (κ1) is 25.9. The molecule has 1 aliphatic heterocycles. The molecule has 36 heavy (non-hydrogen) atoms. The van der Waals surface area contributed by atoms with Crippen LogP contribution < -0.4 is 24.4 Å². The second-order valence-electron chi connectivity index (χ2n) is 8.28. The molecule has 3 heterocycles. The van der Waals surface area contributed by atoms with Gasteiger partial charge in [0.1, 0.15) is 6.04 Å². The van der Waals surface area contributed by atoms with Crippen LogP contribution in [0, 0.1) is 0 Å². The largest absolute Gasteiger partial charge is 0.493 e. The van der Waals surface area contributed by atoms with Crippen molar-refractivity contribution < 1.29 is 19.0 Å². The Hall–Kier alpha value is -3.17. The summed E-state index contributed by atoms with van der Waals surface area (Å²) < 4.78 is 18.9. The maximum Gasteiger partial charge on any atom is 0.338 e. The van der Waals surface area contributed by atoms with Gasteiger partial charge in [0.05, 0.1) is 36.1 Å². The van der Waals surface area contributed by atoms with Crippen LogP contribution in [0.25, 0.3) is 6.08 Å². The molecule has 9 heteroatoms. The van der Waals surface area contributed by atoms with Crippen LogP contribution in [0.4, 0.5) is 0 Å². The average Bonchev–Trinajstić information content (AvgIpc) is 3.50. The van der Waals surface area contributed by atoms with Crippen LogP contribution in [-0.4, -0.2) is 30.9 Å². The average molecular weight is 527 g/mol. The summed E-state index contributed by atoms with van der Waals surface area (Å²) in [6, 6.07) is 8.89. The van der Waals surface area contributed by atoms with Crippen molar-refractivity contribution in [2.45, 2.75) is 46.1 Å². The van der Waals surface area contributed by atoms with Crippen molar-refractivity contribution in [2.24, 2.45) is 4.99 Å². The molecule has 7 nitrogen and oxygen atoms in total. The highest BCUT2D eigenvalue weighted by atomic mass is 32.1. The third-order valence-corrected chi connectivity index (χ3v) is 7.73. The summed E-state index contributed by atoms with van der Waals surface area (Å²) in [5.74, 6) is 0.843. The normalized spacial score (nSPS) is 15.4. The van der Waals surface area contributed by atoms with Crippen LogP contribution in [0.1, 0.15) is 56.5 Å². The highest BCUT2D eigenvalue weighted by Gasteiger charge is 2.33. The van der Waals surface area contributed by atoms with Crippen LogP contribution in [0.2, 0.25) is 0 Å². The Bertz CT molecular complexity index is 1430. The molecular formula is C27H30N2O5S2. The smallest absolute Gasteiger partial charge is 0.338 e. The van der Waals surface area contributed by atoms with Gasteiger partial charge < -0.3 is 14.2 Å². The van der Waals surface area contributed by atoms with Crippen molar-refractivity contribution in [2.75, 3.05) is 20.3 Å². The second kappa shape index (κ2) is 11.7. The van der Waals surface area contributed by atoms with E-state index in [1.165, 1.54) is 22.7 Å². The molecule has 0 amide bonds. The van der Waals surface area contributed by atoms with Crippen LogP contribution in [0.15, 0.2) is 56.8 Å². The van der Waals surface area contributed by atoms with Gasteiger partial charge in [0.15, 0.2) is 16.3 Å². The number of rotatable bonds is 10. The van der Waals surface area contributed by atoms with Gasteiger partial charge in [-0.1, -0.05) is 43.2 Å². The van der Waals surface area contributed by atoms with E-state index in [0.29, 0.717) is 38.7 Å². The van der Waals surface area contributed by atoms with Gasteiger partial charge >= 0.3 is 5.97 Å². The zero-order valence-corrected chi connectivity index (χ0v) is 22.5. The maximum absolute atomic E-state index is 13.6. The van der Waals surface area contributed by atoms with E-state index in [2.05, 4.69) is 11.9 Å². The van der Waals surface area contributed by atoms with Crippen LogP contribution >= 0.6 is 22.7 Å². The molecule has 0 bridgehead atoms. The van der Waals surface area contributed by atoms with Gasteiger partial charge in [-0.3, -0.25) is 9.36 Å². The molecule has 190 valence electrons. The number of allylic oxidation sites excluding steroid dienone is 1. The van der Waals surface area contributed by atoms with Crippen molar-refractivity contribution in [1.29, 1.82) is 0 Å². The molecule has 1 aromatic carbocycles. The molecule has 0 N–H and O–H groups in total. The number of thiazole rings is 1. The molecule has 0 saturated carbocycles. The van der Waals surface area contributed by atoms with E-state index in [4.69, 9.17) is 14.2 Å². The maximum atomic E-state index is 13.6. The van der Waals surface area contributed by atoms with Gasteiger partial charge in [-0.25, -0.2) is 9.79 Å². The first-order chi connectivity index (χ1) is 17.5. The van der Waals surface area contributed by atoms with E-state index < -0.39 is 12.0 Å². The fraction of sp³-hybridized carbons (Fsp3) is 0.370.